The highest BCUT2D eigenvalue weighted by atomic mass is 16.3. The summed E-state index contributed by atoms with van der Waals surface area (Å²) < 4.78 is 0. The Morgan fingerprint density at radius 3 is 2.29 bits per heavy atom. The summed E-state index contributed by atoms with van der Waals surface area (Å²) in [6.45, 7) is 5.10. The van der Waals surface area contributed by atoms with Gasteiger partial charge in [0.1, 0.15) is 6.04 Å². The van der Waals surface area contributed by atoms with Crippen LogP contribution in [0.2, 0.25) is 0 Å². The van der Waals surface area contributed by atoms with Gasteiger partial charge >= 0.3 is 0 Å². The minimum absolute atomic E-state index is 0.150. The Kier molecular flexibility index (Phi) is 5.68. The van der Waals surface area contributed by atoms with E-state index in [4.69, 9.17) is 10.4 Å². The predicted octanol–water partition coefficient (Wildman–Crippen LogP) is 2.35. The Morgan fingerprint density at radius 1 is 1.24 bits per heavy atom. The van der Waals surface area contributed by atoms with Gasteiger partial charge in [0.2, 0.25) is 0 Å². The maximum absolute atomic E-state index is 9.08. The molecule has 0 aliphatic carbocycles. The van der Waals surface area contributed by atoms with Gasteiger partial charge in [-0.3, -0.25) is 5.32 Å². The monoisotopic (exact) mass is 232 g/mol. The molecule has 0 saturated carbocycles. The molecule has 0 spiro atoms. The van der Waals surface area contributed by atoms with Crippen molar-refractivity contribution in [2.45, 2.75) is 32.2 Å². The molecule has 1 unspecified atom stereocenters. The summed E-state index contributed by atoms with van der Waals surface area (Å²) in [5.74, 6) is 0.506. The summed E-state index contributed by atoms with van der Waals surface area (Å²) in [6.07, 6.45) is 0.669. The topological polar surface area (TPSA) is 56.0 Å². The molecule has 0 heterocycles. The zero-order valence-electron chi connectivity index (χ0n) is 10.5. The number of rotatable bonds is 6. The van der Waals surface area contributed by atoms with Gasteiger partial charge in [0.25, 0.3) is 0 Å². The third-order valence-electron chi connectivity index (χ3n) is 2.75. The summed E-state index contributed by atoms with van der Waals surface area (Å²) in [5.41, 5.74) is 2.26. The SMILES string of the molecule is CC(C)c1ccc(C(C#N)NCCCO)cc1. The van der Waals surface area contributed by atoms with Crippen LogP contribution in [0.3, 0.4) is 0 Å². The molecule has 2 N–H and O–H groups in total. The number of nitrogens with zero attached hydrogens (tertiary/aromatic N) is 1. The summed E-state index contributed by atoms with van der Waals surface area (Å²) in [6, 6.07) is 10.1. The van der Waals surface area contributed by atoms with Crippen molar-refractivity contribution in [1.82, 2.24) is 5.32 Å². The van der Waals surface area contributed by atoms with Crippen molar-refractivity contribution in [3.05, 3.63) is 35.4 Å². The average molecular weight is 232 g/mol. The predicted molar refractivity (Wildman–Crippen MR) is 68.6 cm³/mol. The second-order valence-corrected chi connectivity index (χ2v) is 4.41. The molecule has 0 aliphatic rings. The normalized spacial score (nSPS) is 12.4. The molecule has 0 radical (unpaired) electrons. The molecule has 1 rings (SSSR count). The Morgan fingerprint density at radius 2 is 1.82 bits per heavy atom. The van der Waals surface area contributed by atoms with Crippen molar-refractivity contribution >= 4 is 0 Å². The molecular weight excluding hydrogens is 212 g/mol. The first-order valence-electron chi connectivity index (χ1n) is 6.02. The molecule has 0 saturated heterocycles. The lowest BCUT2D eigenvalue weighted by atomic mass is 9.99. The van der Waals surface area contributed by atoms with Gasteiger partial charge in [-0.25, -0.2) is 0 Å². The van der Waals surface area contributed by atoms with E-state index in [2.05, 4.69) is 37.4 Å². The molecule has 1 aromatic rings. The number of nitriles is 1. The van der Waals surface area contributed by atoms with E-state index in [0.717, 1.165) is 5.56 Å². The molecule has 3 nitrogen and oxygen atoms in total. The van der Waals surface area contributed by atoms with Crippen LogP contribution in [0.5, 0.6) is 0 Å². The van der Waals surface area contributed by atoms with Gasteiger partial charge in [0.15, 0.2) is 0 Å². The van der Waals surface area contributed by atoms with Crippen LogP contribution in [0.4, 0.5) is 0 Å². The van der Waals surface area contributed by atoms with Gasteiger partial charge in [-0.15, -0.1) is 0 Å². The number of hydrogen-bond acceptors (Lipinski definition) is 3. The Labute approximate surface area is 103 Å². The molecule has 1 atom stereocenters. The third kappa shape index (κ3) is 4.18. The van der Waals surface area contributed by atoms with Gasteiger partial charge in [0.05, 0.1) is 6.07 Å². The highest BCUT2D eigenvalue weighted by Gasteiger charge is 2.09. The standard InChI is InChI=1S/C14H20N2O/c1-11(2)12-4-6-13(7-5-12)14(10-15)16-8-3-9-17/h4-7,11,14,16-17H,3,8-9H2,1-2H3. The van der Waals surface area contributed by atoms with Crippen LogP contribution in [0.1, 0.15) is 43.4 Å². The Hall–Kier alpha value is -1.37. The van der Waals surface area contributed by atoms with Gasteiger partial charge < -0.3 is 5.11 Å². The van der Waals surface area contributed by atoms with E-state index in [0.29, 0.717) is 18.9 Å². The molecule has 0 fully saturated rings. The zero-order valence-corrected chi connectivity index (χ0v) is 10.5. The second-order valence-electron chi connectivity index (χ2n) is 4.41. The van der Waals surface area contributed by atoms with Crippen LogP contribution < -0.4 is 5.32 Å². The number of aliphatic hydroxyl groups is 1. The van der Waals surface area contributed by atoms with E-state index in [1.165, 1.54) is 5.56 Å². The third-order valence-corrected chi connectivity index (χ3v) is 2.75. The lowest BCUT2D eigenvalue weighted by Gasteiger charge is -2.12. The van der Waals surface area contributed by atoms with E-state index in [1.807, 2.05) is 12.1 Å². The van der Waals surface area contributed by atoms with Gasteiger partial charge in [-0.05, 0) is 30.0 Å². The molecule has 0 aromatic heterocycles. The quantitative estimate of drug-likeness (QED) is 0.740. The van der Waals surface area contributed by atoms with Crippen LogP contribution in [-0.4, -0.2) is 18.3 Å². The van der Waals surface area contributed by atoms with Crippen molar-refractivity contribution in [3.63, 3.8) is 0 Å². The van der Waals surface area contributed by atoms with E-state index < -0.39 is 0 Å². The highest BCUT2D eigenvalue weighted by molar-refractivity contribution is 5.29. The second kappa shape index (κ2) is 7.05. The molecule has 17 heavy (non-hydrogen) atoms. The maximum atomic E-state index is 9.08. The van der Waals surface area contributed by atoms with Crippen molar-refractivity contribution in [2.75, 3.05) is 13.2 Å². The molecule has 0 aliphatic heterocycles. The van der Waals surface area contributed by atoms with E-state index >= 15 is 0 Å². The number of hydrogen-bond donors (Lipinski definition) is 2. The molecule has 92 valence electrons. The number of aliphatic hydroxyl groups excluding tert-OH is 1. The lowest BCUT2D eigenvalue weighted by molar-refractivity contribution is 0.285. The Bertz CT molecular complexity index is 365. The van der Waals surface area contributed by atoms with E-state index in [-0.39, 0.29) is 12.6 Å². The van der Waals surface area contributed by atoms with Crippen LogP contribution >= 0.6 is 0 Å². The molecule has 0 bridgehead atoms. The van der Waals surface area contributed by atoms with Crippen molar-refractivity contribution in [3.8, 4) is 6.07 Å². The lowest BCUT2D eigenvalue weighted by Crippen LogP contribution is -2.21. The minimum atomic E-state index is -0.289. The van der Waals surface area contributed by atoms with Crippen molar-refractivity contribution in [2.24, 2.45) is 0 Å². The first-order chi connectivity index (χ1) is 8.19. The summed E-state index contributed by atoms with van der Waals surface area (Å²) in [4.78, 5) is 0. The number of nitrogens with one attached hydrogen (secondary N) is 1. The van der Waals surface area contributed by atoms with Gasteiger partial charge in [-0.2, -0.15) is 5.26 Å². The summed E-state index contributed by atoms with van der Waals surface area (Å²) in [5, 5.41) is 20.9. The van der Waals surface area contributed by atoms with Gasteiger partial charge in [-0.1, -0.05) is 38.1 Å². The molecule has 3 heteroatoms. The zero-order chi connectivity index (χ0) is 12.7. The minimum Gasteiger partial charge on any atom is -0.396 e. The smallest absolute Gasteiger partial charge is 0.121 e. The highest BCUT2D eigenvalue weighted by Crippen LogP contribution is 2.18. The average Bonchev–Trinajstić information content (AvgIpc) is 2.35. The van der Waals surface area contributed by atoms with Crippen LogP contribution in [0.25, 0.3) is 0 Å². The van der Waals surface area contributed by atoms with Crippen molar-refractivity contribution in [1.29, 1.82) is 5.26 Å². The molecule has 0 amide bonds. The first kappa shape index (κ1) is 13.7. The van der Waals surface area contributed by atoms with E-state index in [9.17, 15) is 0 Å². The fourth-order valence-corrected chi connectivity index (χ4v) is 1.64. The van der Waals surface area contributed by atoms with Gasteiger partial charge in [0, 0.05) is 6.61 Å². The van der Waals surface area contributed by atoms with Crippen LogP contribution in [0, 0.1) is 11.3 Å². The fourth-order valence-electron chi connectivity index (χ4n) is 1.64. The van der Waals surface area contributed by atoms with E-state index in [1.54, 1.807) is 0 Å². The molecular formula is C14H20N2O. The van der Waals surface area contributed by atoms with Crippen LogP contribution in [0.15, 0.2) is 24.3 Å². The largest absolute Gasteiger partial charge is 0.396 e. The van der Waals surface area contributed by atoms with Crippen LogP contribution in [-0.2, 0) is 0 Å². The van der Waals surface area contributed by atoms with Crippen molar-refractivity contribution < 1.29 is 5.11 Å². The molecule has 1 aromatic carbocycles. The maximum Gasteiger partial charge on any atom is 0.121 e. The first-order valence-corrected chi connectivity index (χ1v) is 6.02. The number of benzene rings is 1. The fraction of sp³-hybridized carbons (Fsp3) is 0.500. The Balaban J connectivity index is 2.66. The summed E-state index contributed by atoms with van der Waals surface area (Å²) in [7, 11) is 0. The summed E-state index contributed by atoms with van der Waals surface area (Å²) >= 11 is 0.